The number of hydrogen-bond donors (Lipinski definition) is 1. The van der Waals surface area contributed by atoms with Gasteiger partial charge in [0.2, 0.25) is 0 Å². The zero-order chi connectivity index (χ0) is 16.0. The molecule has 1 unspecified atom stereocenters. The Morgan fingerprint density at radius 2 is 2.09 bits per heavy atom. The third kappa shape index (κ3) is 5.64. The van der Waals surface area contributed by atoms with E-state index in [4.69, 9.17) is 4.74 Å². The van der Waals surface area contributed by atoms with Crippen LogP contribution in [0.3, 0.4) is 0 Å². The van der Waals surface area contributed by atoms with Crippen LogP contribution in [0.2, 0.25) is 0 Å². The van der Waals surface area contributed by atoms with Crippen molar-refractivity contribution in [2.75, 3.05) is 13.1 Å². The first-order valence-electron chi connectivity index (χ1n) is 8.04. The standard InChI is InChI=1S/C17H27N3O2/c1-17(2,3)22-16(21)19-12-15-6-4-5-11-20(15)13-14-7-9-18-10-8-14/h7-10,15H,4-6,11-13H2,1-3H3,(H,19,21). The van der Waals surface area contributed by atoms with E-state index in [1.165, 1.54) is 18.4 Å². The number of carbonyl (C=O) groups excluding carboxylic acids is 1. The van der Waals surface area contributed by atoms with Crippen LogP contribution in [0.1, 0.15) is 45.6 Å². The smallest absolute Gasteiger partial charge is 0.407 e. The molecule has 0 aromatic carbocycles. The lowest BCUT2D eigenvalue weighted by atomic mass is 10.0. The van der Waals surface area contributed by atoms with Gasteiger partial charge < -0.3 is 10.1 Å². The molecule has 1 aromatic rings. The Hall–Kier alpha value is -1.62. The molecule has 1 fully saturated rings. The van der Waals surface area contributed by atoms with Crippen molar-refractivity contribution in [1.29, 1.82) is 0 Å². The van der Waals surface area contributed by atoms with Crippen molar-refractivity contribution in [3.8, 4) is 0 Å². The van der Waals surface area contributed by atoms with Gasteiger partial charge in [-0.1, -0.05) is 6.42 Å². The summed E-state index contributed by atoms with van der Waals surface area (Å²) >= 11 is 0. The lowest BCUT2D eigenvalue weighted by Crippen LogP contribution is -2.47. The van der Waals surface area contributed by atoms with E-state index >= 15 is 0 Å². The minimum atomic E-state index is -0.451. The largest absolute Gasteiger partial charge is 0.444 e. The van der Waals surface area contributed by atoms with Gasteiger partial charge in [-0.15, -0.1) is 0 Å². The maximum absolute atomic E-state index is 11.8. The summed E-state index contributed by atoms with van der Waals surface area (Å²) in [6.07, 6.45) is 6.87. The number of nitrogens with zero attached hydrogens (tertiary/aromatic N) is 2. The molecule has 5 nitrogen and oxygen atoms in total. The summed E-state index contributed by atoms with van der Waals surface area (Å²) in [6, 6.07) is 4.47. The minimum absolute atomic E-state index is 0.332. The monoisotopic (exact) mass is 305 g/mol. The molecule has 2 heterocycles. The number of pyridine rings is 1. The lowest BCUT2D eigenvalue weighted by Gasteiger charge is -2.36. The van der Waals surface area contributed by atoms with Gasteiger partial charge in [0, 0.05) is 31.5 Å². The fourth-order valence-electron chi connectivity index (χ4n) is 2.74. The topological polar surface area (TPSA) is 54.5 Å². The number of aromatic nitrogens is 1. The SMILES string of the molecule is CC(C)(C)OC(=O)NCC1CCCCN1Cc1ccncc1. The molecule has 122 valence electrons. The summed E-state index contributed by atoms with van der Waals surface area (Å²) in [7, 11) is 0. The van der Waals surface area contributed by atoms with Crippen LogP contribution in [-0.4, -0.2) is 40.7 Å². The highest BCUT2D eigenvalue weighted by Crippen LogP contribution is 2.19. The Balaban J connectivity index is 1.86. The first-order valence-corrected chi connectivity index (χ1v) is 8.04. The van der Waals surface area contributed by atoms with Crippen molar-refractivity contribution >= 4 is 6.09 Å². The van der Waals surface area contributed by atoms with Gasteiger partial charge in [0.05, 0.1) is 0 Å². The number of amides is 1. The molecule has 22 heavy (non-hydrogen) atoms. The van der Waals surface area contributed by atoms with Crippen molar-refractivity contribution in [1.82, 2.24) is 15.2 Å². The summed E-state index contributed by atoms with van der Waals surface area (Å²) < 4.78 is 5.31. The molecule has 0 aliphatic carbocycles. The Kier molecular flexibility index (Phi) is 5.77. The second-order valence-corrected chi connectivity index (χ2v) is 6.86. The molecule has 0 radical (unpaired) electrons. The molecule has 1 amide bonds. The van der Waals surface area contributed by atoms with E-state index in [0.29, 0.717) is 12.6 Å². The number of hydrogen-bond acceptors (Lipinski definition) is 4. The number of nitrogens with one attached hydrogen (secondary N) is 1. The molecule has 0 bridgehead atoms. The van der Waals surface area contributed by atoms with Gasteiger partial charge >= 0.3 is 6.09 Å². The third-order valence-electron chi connectivity index (χ3n) is 3.77. The van der Waals surface area contributed by atoms with E-state index < -0.39 is 5.60 Å². The number of likely N-dealkylation sites (tertiary alicyclic amines) is 1. The fourth-order valence-corrected chi connectivity index (χ4v) is 2.74. The summed E-state index contributed by atoms with van der Waals surface area (Å²) in [5, 5.41) is 2.91. The van der Waals surface area contributed by atoms with Crippen LogP contribution in [0.4, 0.5) is 4.79 Å². The number of carbonyl (C=O) groups is 1. The van der Waals surface area contributed by atoms with Gasteiger partial charge in [0.1, 0.15) is 5.60 Å². The third-order valence-corrected chi connectivity index (χ3v) is 3.77. The van der Waals surface area contributed by atoms with Crippen LogP contribution in [0, 0.1) is 0 Å². The molecule has 1 aromatic heterocycles. The van der Waals surface area contributed by atoms with Gasteiger partial charge in [-0.25, -0.2) is 4.79 Å². The van der Waals surface area contributed by atoms with Gasteiger partial charge in [0.25, 0.3) is 0 Å². The quantitative estimate of drug-likeness (QED) is 0.929. The van der Waals surface area contributed by atoms with Crippen molar-refractivity contribution in [3.63, 3.8) is 0 Å². The number of alkyl carbamates (subject to hydrolysis) is 1. The Bertz CT molecular complexity index is 471. The Morgan fingerprint density at radius 3 is 2.77 bits per heavy atom. The van der Waals surface area contributed by atoms with Gasteiger partial charge in [-0.3, -0.25) is 9.88 Å². The lowest BCUT2D eigenvalue weighted by molar-refractivity contribution is 0.0492. The first kappa shape index (κ1) is 16.7. The molecule has 0 spiro atoms. The van der Waals surface area contributed by atoms with E-state index in [1.54, 1.807) is 0 Å². The molecule has 5 heteroatoms. The molecular formula is C17H27N3O2. The van der Waals surface area contributed by atoms with Crippen molar-refractivity contribution in [2.45, 2.75) is 58.2 Å². The molecule has 1 aliphatic heterocycles. The van der Waals surface area contributed by atoms with Crippen molar-refractivity contribution in [2.24, 2.45) is 0 Å². The maximum Gasteiger partial charge on any atom is 0.407 e. The molecule has 2 rings (SSSR count). The molecular weight excluding hydrogens is 278 g/mol. The minimum Gasteiger partial charge on any atom is -0.444 e. The Labute approximate surface area is 133 Å². The predicted molar refractivity (Wildman–Crippen MR) is 86.5 cm³/mol. The second-order valence-electron chi connectivity index (χ2n) is 6.86. The van der Waals surface area contributed by atoms with Crippen LogP contribution in [0.15, 0.2) is 24.5 Å². The number of rotatable bonds is 4. The van der Waals surface area contributed by atoms with E-state index in [9.17, 15) is 4.79 Å². The molecule has 1 saturated heterocycles. The van der Waals surface area contributed by atoms with Crippen molar-refractivity contribution < 1.29 is 9.53 Å². The van der Waals surface area contributed by atoms with Crippen LogP contribution >= 0.6 is 0 Å². The van der Waals surface area contributed by atoms with Crippen LogP contribution in [0.25, 0.3) is 0 Å². The van der Waals surface area contributed by atoms with E-state index in [0.717, 1.165) is 19.5 Å². The van der Waals surface area contributed by atoms with Crippen molar-refractivity contribution in [3.05, 3.63) is 30.1 Å². The zero-order valence-electron chi connectivity index (χ0n) is 13.8. The molecule has 0 saturated carbocycles. The second kappa shape index (κ2) is 7.58. The number of ether oxygens (including phenoxy) is 1. The highest BCUT2D eigenvalue weighted by atomic mass is 16.6. The molecule has 1 atom stereocenters. The van der Waals surface area contributed by atoms with E-state index in [-0.39, 0.29) is 6.09 Å². The van der Waals surface area contributed by atoms with E-state index in [2.05, 4.69) is 15.2 Å². The highest BCUT2D eigenvalue weighted by Gasteiger charge is 2.24. The Morgan fingerprint density at radius 1 is 1.36 bits per heavy atom. The normalized spacial score (nSPS) is 19.7. The highest BCUT2D eigenvalue weighted by molar-refractivity contribution is 5.67. The number of piperidine rings is 1. The van der Waals surface area contributed by atoms with Crippen LogP contribution in [-0.2, 0) is 11.3 Å². The first-order chi connectivity index (χ1) is 10.4. The van der Waals surface area contributed by atoms with Gasteiger partial charge in [-0.2, -0.15) is 0 Å². The fraction of sp³-hybridized carbons (Fsp3) is 0.647. The van der Waals surface area contributed by atoms with Crippen LogP contribution in [0.5, 0.6) is 0 Å². The van der Waals surface area contributed by atoms with Gasteiger partial charge in [-0.05, 0) is 57.9 Å². The van der Waals surface area contributed by atoms with Crippen LogP contribution < -0.4 is 5.32 Å². The zero-order valence-corrected chi connectivity index (χ0v) is 13.8. The average Bonchev–Trinajstić information content (AvgIpc) is 2.46. The van der Waals surface area contributed by atoms with Gasteiger partial charge in [0.15, 0.2) is 0 Å². The summed E-state index contributed by atoms with van der Waals surface area (Å²) in [5.74, 6) is 0. The summed E-state index contributed by atoms with van der Waals surface area (Å²) in [5.41, 5.74) is 0.812. The molecule has 1 aliphatic rings. The van der Waals surface area contributed by atoms with E-state index in [1.807, 2.05) is 45.3 Å². The summed E-state index contributed by atoms with van der Waals surface area (Å²) in [4.78, 5) is 18.3. The predicted octanol–water partition coefficient (Wildman–Crippen LogP) is 2.96. The summed E-state index contributed by atoms with van der Waals surface area (Å²) in [6.45, 7) is 8.25. The maximum atomic E-state index is 11.8. The average molecular weight is 305 g/mol. The molecule has 1 N–H and O–H groups in total.